The van der Waals surface area contributed by atoms with E-state index >= 15 is 0 Å². The van der Waals surface area contributed by atoms with Gasteiger partial charge in [-0.1, -0.05) is 6.07 Å². The molecule has 0 aliphatic rings. The molecule has 0 aliphatic carbocycles. The lowest BCUT2D eigenvalue weighted by atomic mass is 10.1. The minimum absolute atomic E-state index is 0.0202. The number of nitrogens with zero attached hydrogens (tertiary/aromatic N) is 1. The molecule has 0 spiro atoms. The van der Waals surface area contributed by atoms with Gasteiger partial charge in [-0.25, -0.2) is 12.8 Å². The van der Waals surface area contributed by atoms with Crippen LogP contribution in [-0.4, -0.2) is 47.9 Å². The molecule has 0 heterocycles. The summed E-state index contributed by atoms with van der Waals surface area (Å²) in [5.41, 5.74) is 0.526. The van der Waals surface area contributed by atoms with E-state index < -0.39 is 21.7 Å². The maximum atomic E-state index is 13.1. The van der Waals surface area contributed by atoms with Crippen molar-refractivity contribution in [2.24, 2.45) is 0 Å². The number of halogens is 1. The second-order valence-corrected chi connectivity index (χ2v) is 7.51. The number of hydrogen-bond donors (Lipinski definition) is 1. The Labute approximate surface area is 157 Å². The number of anilines is 1. The monoisotopic (exact) mass is 396 g/mol. The summed E-state index contributed by atoms with van der Waals surface area (Å²) in [6, 6.07) is 10.0. The average Bonchev–Trinajstić information content (AvgIpc) is 2.64. The molecule has 0 bridgehead atoms. The van der Waals surface area contributed by atoms with E-state index in [2.05, 4.69) is 5.32 Å². The fraction of sp³-hybridized carbons (Fsp3) is 0.278. The molecule has 1 N–H and O–H groups in total. The molecule has 146 valence electrons. The zero-order valence-electron chi connectivity index (χ0n) is 15.2. The van der Waals surface area contributed by atoms with E-state index in [0.717, 1.165) is 10.6 Å². The molecule has 0 aliphatic heterocycles. The lowest BCUT2D eigenvalue weighted by molar-refractivity contribution is 0.0948. The molecule has 9 heteroatoms. The Kier molecular flexibility index (Phi) is 6.62. The lowest BCUT2D eigenvalue weighted by Gasteiger charge is -2.22. The fourth-order valence-electron chi connectivity index (χ4n) is 2.53. The van der Waals surface area contributed by atoms with Crippen LogP contribution in [0.5, 0.6) is 11.5 Å². The van der Waals surface area contributed by atoms with Gasteiger partial charge in [0.1, 0.15) is 22.9 Å². The molecule has 0 saturated heterocycles. The minimum Gasteiger partial charge on any atom is -0.496 e. The molecule has 0 atom stereocenters. The number of amides is 1. The number of carbonyl (C=O) groups excluding carboxylic acids is 1. The van der Waals surface area contributed by atoms with E-state index in [9.17, 15) is 17.6 Å². The average molecular weight is 396 g/mol. The first-order valence-corrected chi connectivity index (χ1v) is 9.85. The van der Waals surface area contributed by atoms with Crippen LogP contribution >= 0.6 is 0 Å². The van der Waals surface area contributed by atoms with Crippen molar-refractivity contribution in [3.05, 3.63) is 53.8 Å². The third-order valence-electron chi connectivity index (χ3n) is 3.77. The highest BCUT2D eigenvalue weighted by Crippen LogP contribution is 2.28. The topological polar surface area (TPSA) is 84.9 Å². The van der Waals surface area contributed by atoms with Crippen LogP contribution in [0.3, 0.4) is 0 Å². The summed E-state index contributed by atoms with van der Waals surface area (Å²) in [5, 5.41) is 2.65. The van der Waals surface area contributed by atoms with Crippen molar-refractivity contribution in [1.29, 1.82) is 0 Å². The van der Waals surface area contributed by atoms with Gasteiger partial charge in [-0.05, 0) is 36.4 Å². The smallest absolute Gasteiger partial charge is 0.258 e. The van der Waals surface area contributed by atoms with E-state index in [0.29, 0.717) is 17.2 Å². The quantitative estimate of drug-likeness (QED) is 0.738. The Hall–Kier alpha value is -2.81. The number of benzene rings is 2. The lowest BCUT2D eigenvalue weighted by Crippen LogP contribution is -2.38. The summed E-state index contributed by atoms with van der Waals surface area (Å²) in [5.74, 6) is -0.253. The van der Waals surface area contributed by atoms with Gasteiger partial charge in [0, 0.05) is 6.54 Å². The number of carbonyl (C=O) groups is 1. The number of hydrogen-bond acceptors (Lipinski definition) is 5. The largest absolute Gasteiger partial charge is 0.496 e. The predicted octanol–water partition coefficient (Wildman–Crippen LogP) is 2.04. The first-order chi connectivity index (χ1) is 12.8. The van der Waals surface area contributed by atoms with Crippen molar-refractivity contribution in [1.82, 2.24) is 5.32 Å². The van der Waals surface area contributed by atoms with Crippen LogP contribution in [-0.2, 0) is 10.0 Å². The van der Waals surface area contributed by atoms with Crippen LogP contribution in [0.2, 0.25) is 0 Å². The molecule has 0 saturated carbocycles. The summed E-state index contributed by atoms with van der Waals surface area (Å²) < 4.78 is 48.6. The number of nitrogens with one attached hydrogen (secondary N) is 1. The summed E-state index contributed by atoms with van der Waals surface area (Å²) in [4.78, 5) is 12.5. The van der Waals surface area contributed by atoms with Gasteiger partial charge in [-0.2, -0.15) is 0 Å². The molecule has 2 rings (SSSR count). The molecule has 7 nitrogen and oxygen atoms in total. The van der Waals surface area contributed by atoms with Crippen LogP contribution in [0.25, 0.3) is 0 Å². The van der Waals surface area contributed by atoms with Crippen molar-refractivity contribution in [2.45, 2.75) is 0 Å². The Morgan fingerprint density at radius 1 is 1.07 bits per heavy atom. The Morgan fingerprint density at radius 3 is 2.11 bits per heavy atom. The van der Waals surface area contributed by atoms with Gasteiger partial charge >= 0.3 is 0 Å². The molecule has 2 aromatic carbocycles. The van der Waals surface area contributed by atoms with E-state index in [-0.39, 0.29) is 18.7 Å². The van der Waals surface area contributed by atoms with Crippen LogP contribution in [0.1, 0.15) is 10.4 Å². The highest BCUT2D eigenvalue weighted by Gasteiger charge is 2.20. The normalized spacial score (nSPS) is 11.0. The molecular formula is C18H21FN2O5S. The zero-order valence-corrected chi connectivity index (χ0v) is 16.0. The van der Waals surface area contributed by atoms with Crippen molar-refractivity contribution < 1.29 is 27.1 Å². The second-order valence-electron chi connectivity index (χ2n) is 5.60. The molecule has 1 amide bonds. The van der Waals surface area contributed by atoms with E-state index in [4.69, 9.17) is 9.47 Å². The summed E-state index contributed by atoms with van der Waals surface area (Å²) in [6.07, 6.45) is 1.04. The Balaban J connectivity index is 2.14. The van der Waals surface area contributed by atoms with Gasteiger partial charge in [0.05, 0.1) is 32.7 Å². The summed E-state index contributed by atoms with van der Waals surface area (Å²) >= 11 is 0. The third kappa shape index (κ3) is 5.10. The van der Waals surface area contributed by atoms with Crippen LogP contribution in [0, 0.1) is 5.82 Å². The Morgan fingerprint density at radius 2 is 1.63 bits per heavy atom. The molecule has 0 unspecified atom stereocenters. The van der Waals surface area contributed by atoms with Gasteiger partial charge < -0.3 is 14.8 Å². The van der Waals surface area contributed by atoms with Crippen LogP contribution < -0.4 is 19.1 Å². The highest BCUT2D eigenvalue weighted by molar-refractivity contribution is 7.92. The van der Waals surface area contributed by atoms with Crippen molar-refractivity contribution >= 4 is 21.6 Å². The number of methoxy groups -OCH3 is 2. The zero-order chi connectivity index (χ0) is 20.0. The van der Waals surface area contributed by atoms with Crippen molar-refractivity contribution in [3.63, 3.8) is 0 Å². The molecule has 27 heavy (non-hydrogen) atoms. The first-order valence-electron chi connectivity index (χ1n) is 8.00. The standard InChI is InChI=1S/C18H21FN2O5S/c1-25-15-5-4-6-16(26-2)17(15)18(22)20-11-12-21(27(3,23)24)14-9-7-13(19)8-10-14/h4-10H,11-12H2,1-3H3,(H,20,22). The Bertz CT molecular complexity index is 878. The van der Waals surface area contributed by atoms with E-state index in [1.165, 1.54) is 38.5 Å². The third-order valence-corrected chi connectivity index (χ3v) is 4.96. The van der Waals surface area contributed by atoms with Gasteiger partial charge in [-0.3, -0.25) is 9.10 Å². The fourth-order valence-corrected chi connectivity index (χ4v) is 3.46. The molecule has 0 aromatic heterocycles. The summed E-state index contributed by atoms with van der Waals surface area (Å²) in [6.45, 7) is 0.0121. The van der Waals surface area contributed by atoms with Crippen LogP contribution in [0.15, 0.2) is 42.5 Å². The number of rotatable bonds is 8. The summed E-state index contributed by atoms with van der Waals surface area (Å²) in [7, 11) is -0.737. The number of sulfonamides is 1. The van der Waals surface area contributed by atoms with Crippen molar-refractivity contribution in [2.75, 3.05) is 37.9 Å². The second kappa shape index (κ2) is 8.72. The van der Waals surface area contributed by atoms with Crippen molar-refractivity contribution in [3.8, 4) is 11.5 Å². The molecular weight excluding hydrogens is 375 g/mol. The highest BCUT2D eigenvalue weighted by atomic mass is 32.2. The van der Waals surface area contributed by atoms with Crippen LogP contribution in [0.4, 0.5) is 10.1 Å². The maximum absolute atomic E-state index is 13.1. The molecule has 0 radical (unpaired) electrons. The number of ether oxygens (including phenoxy) is 2. The first kappa shape index (κ1) is 20.5. The van der Waals surface area contributed by atoms with Gasteiger partial charge in [0.2, 0.25) is 10.0 Å². The maximum Gasteiger partial charge on any atom is 0.258 e. The molecule has 0 fully saturated rings. The SMILES string of the molecule is COc1cccc(OC)c1C(=O)NCCN(c1ccc(F)cc1)S(C)(=O)=O. The van der Waals surface area contributed by atoms with E-state index in [1.807, 2.05) is 0 Å². The van der Waals surface area contributed by atoms with Gasteiger partial charge in [0.25, 0.3) is 5.91 Å². The minimum atomic E-state index is -3.61. The van der Waals surface area contributed by atoms with Gasteiger partial charge in [0.15, 0.2) is 0 Å². The van der Waals surface area contributed by atoms with E-state index in [1.54, 1.807) is 18.2 Å². The molecule has 2 aromatic rings. The van der Waals surface area contributed by atoms with Gasteiger partial charge in [-0.15, -0.1) is 0 Å². The predicted molar refractivity (Wildman–Crippen MR) is 100 cm³/mol.